The second-order valence-corrected chi connectivity index (χ2v) is 9.40. The fourth-order valence-electron chi connectivity index (χ4n) is 3.96. The topological polar surface area (TPSA) is 88.0 Å². The largest absolute Gasteiger partial charge is 0.497 e. The number of ether oxygens (including phenoxy) is 2. The van der Waals surface area contributed by atoms with Gasteiger partial charge in [0.05, 0.1) is 13.0 Å². The zero-order chi connectivity index (χ0) is 25.3. The highest BCUT2D eigenvalue weighted by Gasteiger charge is 2.21. The molecule has 2 atom stereocenters. The highest BCUT2D eigenvalue weighted by Crippen LogP contribution is 2.24. The van der Waals surface area contributed by atoms with Crippen molar-refractivity contribution in [2.24, 2.45) is 0 Å². The second kappa shape index (κ2) is 13.9. The molecule has 0 heterocycles. The fraction of sp³-hybridized carbons (Fsp3) is 0.345. The van der Waals surface area contributed by atoms with Gasteiger partial charge in [-0.1, -0.05) is 54.6 Å². The van der Waals surface area contributed by atoms with Gasteiger partial charge in [0.15, 0.2) is 0 Å². The number of rotatable bonds is 13. The van der Waals surface area contributed by atoms with Crippen molar-refractivity contribution < 1.29 is 24.5 Å². The number of benzene rings is 3. The minimum Gasteiger partial charge on any atom is -0.497 e. The zero-order valence-electron chi connectivity index (χ0n) is 21.0. The average molecular weight is 514 g/mol. The fourth-order valence-corrected chi connectivity index (χ4v) is 3.96. The summed E-state index contributed by atoms with van der Waals surface area (Å²) >= 11 is 0. The van der Waals surface area contributed by atoms with Crippen molar-refractivity contribution >= 4 is 18.4 Å². The Morgan fingerprint density at radius 1 is 0.917 bits per heavy atom. The molecule has 3 rings (SSSR count). The lowest BCUT2D eigenvalue weighted by Gasteiger charge is -2.28. The lowest BCUT2D eigenvalue weighted by molar-refractivity contribution is -0.138. The highest BCUT2D eigenvalue weighted by atomic mass is 35.5. The third-order valence-electron chi connectivity index (χ3n) is 5.93. The predicted octanol–water partition coefficient (Wildman–Crippen LogP) is 4.88. The number of halogens is 1. The average Bonchev–Trinajstić information content (AvgIpc) is 2.86. The molecule has 194 valence electrons. The molecule has 0 saturated heterocycles. The Balaban J connectivity index is 0.00000456. The van der Waals surface area contributed by atoms with Gasteiger partial charge in [-0.2, -0.15) is 0 Å². The SMILES string of the molecule is COc1ccc(CC(C)(C)NC[C@@H](O)COc2ccc([C@H](Cc3ccccc3)C(=O)O)cc2)cc1.Cl. The summed E-state index contributed by atoms with van der Waals surface area (Å²) in [5, 5.41) is 23.5. The molecule has 0 aliphatic rings. The normalized spacial score (nSPS) is 12.8. The molecule has 3 aromatic rings. The molecular formula is C29H36ClNO5. The summed E-state index contributed by atoms with van der Waals surface area (Å²) in [5.74, 6) is -0.0700. The van der Waals surface area contributed by atoms with E-state index in [0.29, 0.717) is 18.7 Å². The first-order valence-corrected chi connectivity index (χ1v) is 11.8. The van der Waals surface area contributed by atoms with E-state index >= 15 is 0 Å². The van der Waals surface area contributed by atoms with Crippen LogP contribution in [0.5, 0.6) is 11.5 Å². The molecule has 0 fully saturated rings. The molecule has 0 bridgehead atoms. The number of aliphatic carboxylic acids is 1. The molecule has 0 saturated carbocycles. The molecular weight excluding hydrogens is 478 g/mol. The van der Waals surface area contributed by atoms with E-state index in [1.165, 1.54) is 5.56 Å². The number of carboxylic acid groups (broad SMARTS) is 1. The van der Waals surface area contributed by atoms with Gasteiger partial charge in [-0.15, -0.1) is 12.4 Å². The second-order valence-electron chi connectivity index (χ2n) is 9.40. The van der Waals surface area contributed by atoms with Gasteiger partial charge >= 0.3 is 5.97 Å². The van der Waals surface area contributed by atoms with Crippen LogP contribution in [0.3, 0.4) is 0 Å². The maximum absolute atomic E-state index is 11.8. The third kappa shape index (κ3) is 9.19. The van der Waals surface area contributed by atoms with Crippen LogP contribution in [-0.4, -0.2) is 48.1 Å². The summed E-state index contributed by atoms with van der Waals surface area (Å²) in [4.78, 5) is 11.8. The maximum atomic E-state index is 11.8. The quantitative estimate of drug-likeness (QED) is 0.302. The van der Waals surface area contributed by atoms with Crippen molar-refractivity contribution in [1.29, 1.82) is 0 Å². The predicted molar refractivity (Wildman–Crippen MR) is 144 cm³/mol. The van der Waals surface area contributed by atoms with Crippen molar-refractivity contribution in [2.45, 2.75) is 44.2 Å². The van der Waals surface area contributed by atoms with E-state index in [1.807, 2.05) is 54.6 Å². The van der Waals surface area contributed by atoms with Crippen LogP contribution in [-0.2, 0) is 17.6 Å². The Labute approximate surface area is 219 Å². The number of carboxylic acids is 1. The van der Waals surface area contributed by atoms with Crippen molar-refractivity contribution in [3.63, 3.8) is 0 Å². The van der Waals surface area contributed by atoms with Gasteiger partial charge in [0.1, 0.15) is 24.2 Å². The third-order valence-corrected chi connectivity index (χ3v) is 5.93. The number of hydrogen-bond acceptors (Lipinski definition) is 5. The van der Waals surface area contributed by atoms with E-state index in [1.54, 1.807) is 31.4 Å². The van der Waals surface area contributed by atoms with E-state index < -0.39 is 18.0 Å². The Bertz CT molecular complexity index is 1060. The Hall–Kier alpha value is -3.06. The number of carbonyl (C=O) groups is 1. The Morgan fingerprint density at radius 3 is 2.11 bits per heavy atom. The number of nitrogens with one attached hydrogen (secondary N) is 1. The molecule has 0 aromatic heterocycles. The van der Waals surface area contributed by atoms with E-state index in [-0.39, 0.29) is 24.6 Å². The molecule has 0 aliphatic carbocycles. The van der Waals surface area contributed by atoms with Crippen LogP contribution in [0.25, 0.3) is 0 Å². The first-order valence-electron chi connectivity index (χ1n) is 11.8. The number of β-amino-alcohol motifs (C(OH)–C–C–N with tert-alkyl or cyclic N) is 1. The van der Waals surface area contributed by atoms with Gasteiger partial charge < -0.3 is 25.0 Å². The van der Waals surface area contributed by atoms with Crippen LogP contribution in [0, 0.1) is 0 Å². The summed E-state index contributed by atoms with van der Waals surface area (Å²) in [6, 6.07) is 24.6. The van der Waals surface area contributed by atoms with E-state index in [2.05, 4.69) is 19.2 Å². The number of methoxy groups -OCH3 is 1. The minimum atomic E-state index is -0.860. The van der Waals surface area contributed by atoms with E-state index in [9.17, 15) is 15.0 Å². The molecule has 36 heavy (non-hydrogen) atoms. The lowest BCUT2D eigenvalue weighted by atomic mass is 9.92. The first kappa shape index (κ1) is 29.2. The van der Waals surface area contributed by atoms with Gasteiger partial charge in [0.2, 0.25) is 0 Å². The molecule has 0 amide bonds. The standard InChI is InChI=1S/C29H35NO5.ClH/c1-29(2,18-22-9-13-25(34-3)14-10-22)30-19-24(31)20-35-26-15-11-23(12-16-26)27(28(32)33)17-21-7-5-4-6-8-21;/h4-16,24,27,30-31H,17-20H2,1-3H3,(H,32,33);1H/t24-,27+;/m1./s1. The summed E-state index contributed by atoms with van der Waals surface area (Å²) in [6.07, 6.45) is 0.544. The van der Waals surface area contributed by atoms with Crippen LogP contribution < -0.4 is 14.8 Å². The van der Waals surface area contributed by atoms with Gasteiger partial charge in [-0.3, -0.25) is 4.79 Å². The number of aliphatic hydroxyl groups is 1. The molecule has 0 spiro atoms. The smallest absolute Gasteiger partial charge is 0.311 e. The molecule has 0 radical (unpaired) electrons. The van der Waals surface area contributed by atoms with Crippen molar-refractivity contribution in [3.8, 4) is 11.5 Å². The summed E-state index contributed by atoms with van der Waals surface area (Å²) in [5.41, 5.74) is 2.67. The molecule has 3 N–H and O–H groups in total. The Kier molecular flexibility index (Phi) is 11.2. The highest BCUT2D eigenvalue weighted by molar-refractivity contribution is 5.85. The summed E-state index contributed by atoms with van der Waals surface area (Å²) in [6.45, 7) is 4.71. The summed E-state index contributed by atoms with van der Waals surface area (Å²) in [7, 11) is 1.65. The maximum Gasteiger partial charge on any atom is 0.311 e. The van der Waals surface area contributed by atoms with Gasteiger partial charge in [0.25, 0.3) is 0 Å². The molecule has 0 aliphatic heterocycles. The van der Waals surface area contributed by atoms with Crippen LogP contribution in [0.15, 0.2) is 78.9 Å². The van der Waals surface area contributed by atoms with Gasteiger partial charge in [-0.25, -0.2) is 0 Å². The van der Waals surface area contributed by atoms with Crippen molar-refractivity contribution in [3.05, 3.63) is 95.6 Å². The molecule has 6 nitrogen and oxygen atoms in total. The van der Waals surface area contributed by atoms with E-state index in [4.69, 9.17) is 9.47 Å². The van der Waals surface area contributed by atoms with E-state index in [0.717, 1.165) is 23.3 Å². The van der Waals surface area contributed by atoms with Gasteiger partial charge in [-0.05, 0) is 67.6 Å². The van der Waals surface area contributed by atoms with Crippen LogP contribution in [0.2, 0.25) is 0 Å². The van der Waals surface area contributed by atoms with Crippen molar-refractivity contribution in [2.75, 3.05) is 20.3 Å². The molecule has 7 heteroatoms. The first-order chi connectivity index (χ1) is 16.8. The lowest BCUT2D eigenvalue weighted by Crippen LogP contribution is -2.46. The zero-order valence-corrected chi connectivity index (χ0v) is 21.8. The molecule has 3 aromatic carbocycles. The van der Waals surface area contributed by atoms with Crippen LogP contribution in [0.4, 0.5) is 0 Å². The summed E-state index contributed by atoms with van der Waals surface area (Å²) < 4.78 is 10.9. The van der Waals surface area contributed by atoms with Crippen molar-refractivity contribution in [1.82, 2.24) is 5.32 Å². The van der Waals surface area contributed by atoms with Crippen LogP contribution in [0.1, 0.15) is 36.5 Å². The van der Waals surface area contributed by atoms with Gasteiger partial charge in [0, 0.05) is 12.1 Å². The minimum absolute atomic E-state index is 0. The monoisotopic (exact) mass is 513 g/mol. The van der Waals surface area contributed by atoms with Crippen LogP contribution >= 0.6 is 12.4 Å². The number of aliphatic hydroxyl groups excluding tert-OH is 1. The molecule has 0 unspecified atom stereocenters. The number of hydrogen-bond donors (Lipinski definition) is 3. The Morgan fingerprint density at radius 2 is 1.53 bits per heavy atom.